The smallest absolute Gasteiger partial charge is 0.137 e. The third-order valence-electron chi connectivity index (χ3n) is 10.5. The van der Waals surface area contributed by atoms with Gasteiger partial charge in [-0.15, -0.1) is 0 Å². The molecule has 11 rings (SSSR count). The summed E-state index contributed by atoms with van der Waals surface area (Å²) in [5.41, 5.74) is 13.6. The van der Waals surface area contributed by atoms with Crippen LogP contribution in [0.5, 0.6) is 0 Å². The van der Waals surface area contributed by atoms with Crippen molar-refractivity contribution in [3.8, 4) is 33.6 Å². The Kier molecular flexibility index (Phi) is 5.96. The molecule has 8 aromatic carbocycles. The molecule has 238 valence electrons. The van der Waals surface area contributed by atoms with Crippen molar-refractivity contribution in [2.45, 2.75) is 0 Å². The zero-order valence-corrected chi connectivity index (χ0v) is 27.6. The molecule has 0 fully saturated rings. The van der Waals surface area contributed by atoms with E-state index in [1.54, 1.807) is 0 Å². The molecule has 0 aliphatic heterocycles. The quantitative estimate of drug-likeness (QED) is 0.186. The van der Waals surface area contributed by atoms with Crippen molar-refractivity contribution in [2.24, 2.45) is 0 Å². The highest BCUT2D eigenvalue weighted by atomic mass is 16.3. The van der Waals surface area contributed by atoms with Crippen LogP contribution in [0.3, 0.4) is 0 Å². The fraction of sp³-hybridized carbons (Fsp3) is 0. The first-order valence-electron chi connectivity index (χ1n) is 17.4. The summed E-state index contributed by atoms with van der Waals surface area (Å²) in [5, 5.41) is 7.18. The Balaban J connectivity index is 1.21. The molecule has 3 aromatic heterocycles. The maximum absolute atomic E-state index is 6.40. The van der Waals surface area contributed by atoms with Crippen molar-refractivity contribution < 1.29 is 4.42 Å². The van der Waals surface area contributed by atoms with Crippen LogP contribution in [-0.2, 0) is 0 Å². The first kappa shape index (κ1) is 28.0. The molecule has 0 saturated carbocycles. The Bertz CT molecular complexity index is 3140. The van der Waals surface area contributed by atoms with Gasteiger partial charge in [-0.05, 0) is 76.9 Å². The topological polar surface area (TPSA) is 23.0 Å². The number of furan rings is 1. The van der Waals surface area contributed by atoms with Crippen molar-refractivity contribution in [2.75, 3.05) is 0 Å². The molecular weight excluding hydrogens is 621 g/mol. The molecule has 51 heavy (non-hydrogen) atoms. The molecular formula is C48H30N2O. The van der Waals surface area contributed by atoms with Gasteiger partial charge in [0.25, 0.3) is 0 Å². The molecule has 3 heterocycles. The van der Waals surface area contributed by atoms with E-state index in [2.05, 4.69) is 185 Å². The van der Waals surface area contributed by atoms with Gasteiger partial charge >= 0.3 is 0 Å². The summed E-state index contributed by atoms with van der Waals surface area (Å²) in [6.45, 7) is 0. The summed E-state index contributed by atoms with van der Waals surface area (Å²) in [6.07, 6.45) is 0. The Labute approximate surface area is 293 Å². The molecule has 0 radical (unpaired) electrons. The highest BCUT2D eigenvalue weighted by Crippen LogP contribution is 2.44. The zero-order chi connectivity index (χ0) is 33.5. The van der Waals surface area contributed by atoms with Crippen LogP contribution in [0.4, 0.5) is 0 Å². The van der Waals surface area contributed by atoms with E-state index in [1.165, 1.54) is 65.9 Å². The molecule has 0 spiro atoms. The van der Waals surface area contributed by atoms with Gasteiger partial charge in [0, 0.05) is 32.6 Å². The number of hydrogen-bond acceptors (Lipinski definition) is 1. The normalized spacial score (nSPS) is 11.9. The van der Waals surface area contributed by atoms with Gasteiger partial charge in [-0.1, -0.05) is 127 Å². The van der Waals surface area contributed by atoms with Crippen LogP contribution >= 0.6 is 0 Å². The molecule has 11 aromatic rings. The van der Waals surface area contributed by atoms with Gasteiger partial charge in [-0.2, -0.15) is 0 Å². The number of para-hydroxylation sites is 3. The molecule has 0 N–H and O–H groups in total. The summed E-state index contributed by atoms with van der Waals surface area (Å²) < 4.78 is 11.3. The Morgan fingerprint density at radius 1 is 0.333 bits per heavy atom. The number of benzene rings is 8. The number of hydrogen-bond donors (Lipinski definition) is 0. The van der Waals surface area contributed by atoms with Gasteiger partial charge in [-0.3, -0.25) is 0 Å². The second-order valence-electron chi connectivity index (χ2n) is 13.3. The Morgan fingerprint density at radius 2 is 0.941 bits per heavy atom. The maximum atomic E-state index is 6.40. The number of nitrogens with zero attached hydrogens (tertiary/aromatic N) is 2. The number of fused-ring (bicyclic) bond motifs is 10. The minimum atomic E-state index is 0.891. The van der Waals surface area contributed by atoms with E-state index in [9.17, 15) is 0 Å². The van der Waals surface area contributed by atoms with E-state index in [-0.39, 0.29) is 0 Å². The van der Waals surface area contributed by atoms with Crippen LogP contribution < -0.4 is 0 Å². The molecule has 3 heteroatoms. The van der Waals surface area contributed by atoms with E-state index in [0.29, 0.717) is 0 Å². The minimum Gasteiger partial charge on any atom is -0.456 e. The minimum absolute atomic E-state index is 0.891. The van der Waals surface area contributed by atoms with E-state index in [0.717, 1.165) is 33.3 Å². The summed E-state index contributed by atoms with van der Waals surface area (Å²) in [5.74, 6) is 0. The van der Waals surface area contributed by atoms with Gasteiger partial charge in [0.2, 0.25) is 0 Å². The molecule has 0 aliphatic rings. The Hall–Kier alpha value is -6.84. The number of rotatable bonds is 4. The Morgan fingerprint density at radius 3 is 1.78 bits per heavy atom. The fourth-order valence-corrected chi connectivity index (χ4v) is 8.31. The predicted octanol–water partition coefficient (Wildman–Crippen LogP) is 13.1. The van der Waals surface area contributed by atoms with E-state index in [1.807, 2.05) is 6.07 Å². The predicted molar refractivity (Wildman–Crippen MR) is 213 cm³/mol. The maximum Gasteiger partial charge on any atom is 0.137 e. The standard InChI is InChI=1S/C48H30N2O/c1-2-13-31(14-3-1)32-15-10-16-33(29-32)34-17-11-18-35(30-34)49-41-23-8-5-20-38(41)47-43(49)28-27-37-36-19-4-7-22-40(36)50(48(37)47)42-24-12-26-45-46(42)39-21-6-9-25-44(39)51-45/h1-30H. The van der Waals surface area contributed by atoms with Crippen molar-refractivity contribution in [3.05, 3.63) is 182 Å². The molecule has 0 atom stereocenters. The molecule has 0 aliphatic carbocycles. The van der Waals surface area contributed by atoms with Crippen LogP contribution in [0.15, 0.2) is 186 Å². The lowest BCUT2D eigenvalue weighted by molar-refractivity contribution is 0.669. The molecule has 0 saturated heterocycles. The van der Waals surface area contributed by atoms with Crippen LogP contribution in [0, 0.1) is 0 Å². The van der Waals surface area contributed by atoms with Crippen LogP contribution in [0.1, 0.15) is 0 Å². The second kappa shape index (κ2) is 10.8. The molecule has 3 nitrogen and oxygen atoms in total. The fourth-order valence-electron chi connectivity index (χ4n) is 8.31. The van der Waals surface area contributed by atoms with Gasteiger partial charge in [0.15, 0.2) is 0 Å². The summed E-state index contributed by atoms with van der Waals surface area (Å²) >= 11 is 0. The molecule has 0 bridgehead atoms. The third-order valence-corrected chi connectivity index (χ3v) is 10.5. The SMILES string of the molecule is c1ccc(-c2cccc(-c3cccc(-n4c5ccccc5c5c4ccc4c6ccccc6n(-c6cccc7oc8ccccc8c67)c45)c3)c2)cc1. The van der Waals surface area contributed by atoms with Crippen molar-refractivity contribution in [3.63, 3.8) is 0 Å². The highest BCUT2D eigenvalue weighted by molar-refractivity contribution is 6.27. The summed E-state index contributed by atoms with van der Waals surface area (Å²) in [4.78, 5) is 0. The monoisotopic (exact) mass is 650 g/mol. The highest BCUT2D eigenvalue weighted by Gasteiger charge is 2.22. The third kappa shape index (κ3) is 4.12. The van der Waals surface area contributed by atoms with Gasteiger partial charge < -0.3 is 13.6 Å². The van der Waals surface area contributed by atoms with Gasteiger partial charge in [0.05, 0.1) is 33.1 Å². The van der Waals surface area contributed by atoms with Crippen molar-refractivity contribution >= 4 is 65.6 Å². The molecule has 0 amide bonds. The first-order valence-corrected chi connectivity index (χ1v) is 17.4. The van der Waals surface area contributed by atoms with E-state index < -0.39 is 0 Å². The summed E-state index contributed by atoms with van der Waals surface area (Å²) in [7, 11) is 0. The lowest BCUT2D eigenvalue weighted by Gasteiger charge is -2.12. The average Bonchev–Trinajstić information content (AvgIpc) is 3.86. The molecule has 0 unspecified atom stereocenters. The lowest BCUT2D eigenvalue weighted by Crippen LogP contribution is -1.96. The van der Waals surface area contributed by atoms with Gasteiger partial charge in [0.1, 0.15) is 11.2 Å². The average molecular weight is 651 g/mol. The largest absolute Gasteiger partial charge is 0.456 e. The van der Waals surface area contributed by atoms with Crippen LogP contribution in [0.25, 0.3) is 99.2 Å². The van der Waals surface area contributed by atoms with Gasteiger partial charge in [-0.25, -0.2) is 0 Å². The summed E-state index contributed by atoms with van der Waals surface area (Å²) in [6, 6.07) is 65.4. The van der Waals surface area contributed by atoms with E-state index in [4.69, 9.17) is 4.42 Å². The lowest BCUT2D eigenvalue weighted by atomic mass is 9.99. The zero-order valence-electron chi connectivity index (χ0n) is 27.6. The van der Waals surface area contributed by atoms with Crippen molar-refractivity contribution in [1.29, 1.82) is 0 Å². The van der Waals surface area contributed by atoms with E-state index >= 15 is 0 Å². The first-order chi connectivity index (χ1) is 25.3. The van der Waals surface area contributed by atoms with Crippen LogP contribution in [0.2, 0.25) is 0 Å². The van der Waals surface area contributed by atoms with Crippen molar-refractivity contribution in [1.82, 2.24) is 9.13 Å². The number of aromatic nitrogens is 2. The van der Waals surface area contributed by atoms with Crippen LogP contribution in [-0.4, -0.2) is 9.13 Å². The second-order valence-corrected chi connectivity index (χ2v) is 13.3.